The van der Waals surface area contributed by atoms with Crippen LogP contribution in [0.3, 0.4) is 0 Å². The molecule has 2 saturated heterocycles. The van der Waals surface area contributed by atoms with Crippen LogP contribution in [0.25, 0.3) is 0 Å². The third-order valence-electron chi connectivity index (χ3n) is 4.25. The maximum Gasteiger partial charge on any atom is 0.123 e. The van der Waals surface area contributed by atoms with Gasteiger partial charge in [0.25, 0.3) is 0 Å². The highest BCUT2D eigenvalue weighted by Gasteiger charge is 2.34. The summed E-state index contributed by atoms with van der Waals surface area (Å²) < 4.78 is 18.8. The van der Waals surface area contributed by atoms with Gasteiger partial charge in [-0.1, -0.05) is 0 Å². The fourth-order valence-electron chi connectivity index (χ4n) is 3.22. The van der Waals surface area contributed by atoms with E-state index in [0.29, 0.717) is 12.1 Å². The molecule has 3 rings (SSSR count). The number of rotatable bonds is 2. The molecule has 0 spiro atoms. The monoisotopic (exact) mass is 264 g/mol. The summed E-state index contributed by atoms with van der Waals surface area (Å²) in [6, 6.07) is 7.54. The minimum atomic E-state index is -0.216. The van der Waals surface area contributed by atoms with Crippen LogP contribution in [0.2, 0.25) is 0 Å². The van der Waals surface area contributed by atoms with Gasteiger partial charge >= 0.3 is 0 Å². The van der Waals surface area contributed by atoms with E-state index in [1.807, 2.05) is 0 Å². The van der Waals surface area contributed by atoms with Gasteiger partial charge < -0.3 is 10.1 Å². The number of nitrogens with zero attached hydrogens (tertiary/aromatic N) is 1. The maximum atomic E-state index is 12.9. The van der Waals surface area contributed by atoms with Crippen LogP contribution in [-0.2, 0) is 0 Å². The van der Waals surface area contributed by atoms with Crippen molar-refractivity contribution in [1.29, 1.82) is 0 Å². The van der Waals surface area contributed by atoms with Gasteiger partial charge in [0.1, 0.15) is 17.7 Å². The average Bonchev–Trinajstić information content (AvgIpc) is 2.42. The minimum absolute atomic E-state index is 0.216. The largest absolute Gasteiger partial charge is 0.489 e. The standard InChI is InChI=1S/C15H21FN2O/c1-11-15-7-6-14(10-18(15)9-8-17-11)19-13-4-2-12(16)3-5-13/h2-5,11,14-15,17H,6-10H2,1H3. The number of ether oxygens (including phenoxy) is 1. The molecule has 0 radical (unpaired) electrons. The van der Waals surface area contributed by atoms with E-state index < -0.39 is 0 Å². The van der Waals surface area contributed by atoms with Crippen molar-refractivity contribution in [3.63, 3.8) is 0 Å². The summed E-state index contributed by atoms with van der Waals surface area (Å²) in [5, 5.41) is 3.53. The van der Waals surface area contributed by atoms with Crippen molar-refractivity contribution in [2.24, 2.45) is 0 Å². The number of fused-ring (bicyclic) bond motifs is 1. The molecule has 2 aliphatic heterocycles. The van der Waals surface area contributed by atoms with Gasteiger partial charge in [0.15, 0.2) is 0 Å². The van der Waals surface area contributed by atoms with Gasteiger partial charge in [0.05, 0.1) is 0 Å². The molecule has 104 valence electrons. The Labute approximate surface area is 113 Å². The quantitative estimate of drug-likeness (QED) is 0.884. The molecule has 0 aromatic heterocycles. The molecule has 0 amide bonds. The molecule has 19 heavy (non-hydrogen) atoms. The van der Waals surface area contributed by atoms with Crippen LogP contribution in [0.15, 0.2) is 24.3 Å². The van der Waals surface area contributed by atoms with Crippen molar-refractivity contribution in [3.05, 3.63) is 30.1 Å². The second-order valence-corrected chi connectivity index (χ2v) is 5.58. The fourth-order valence-corrected chi connectivity index (χ4v) is 3.22. The van der Waals surface area contributed by atoms with Crippen LogP contribution in [0.1, 0.15) is 19.8 Å². The van der Waals surface area contributed by atoms with Crippen LogP contribution >= 0.6 is 0 Å². The molecular weight excluding hydrogens is 243 g/mol. The van der Waals surface area contributed by atoms with Crippen LogP contribution in [0.5, 0.6) is 5.75 Å². The molecule has 3 unspecified atom stereocenters. The zero-order chi connectivity index (χ0) is 13.2. The lowest BCUT2D eigenvalue weighted by Crippen LogP contribution is -2.61. The van der Waals surface area contributed by atoms with E-state index in [-0.39, 0.29) is 11.9 Å². The summed E-state index contributed by atoms with van der Waals surface area (Å²) in [5.41, 5.74) is 0. The molecule has 1 aromatic rings. The number of nitrogens with one attached hydrogen (secondary N) is 1. The highest BCUT2D eigenvalue weighted by molar-refractivity contribution is 5.22. The lowest BCUT2D eigenvalue weighted by molar-refractivity contribution is 0.0204. The first-order valence-corrected chi connectivity index (χ1v) is 7.12. The normalized spacial score (nSPS) is 31.8. The molecule has 3 nitrogen and oxygen atoms in total. The molecule has 2 fully saturated rings. The Morgan fingerprint density at radius 3 is 2.84 bits per heavy atom. The van der Waals surface area contributed by atoms with Gasteiger partial charge in [0, 0.05) is 31.7 Å². The Hall–Kier alpha value is -1.13. The summed E-state index contributed by atoms with van der Waals surface area (Å²) in [4.78, 5) is 2.53. The van der Waals surface area contributed by atoms with Crippen molar-refractivity contribution in [1.82, 2.24) is 10.2 Å². The van der Waals surface area contributed by atoms with E-state index >= 15 is 0 Å². The van der Waals surface area contributed by atoms with E-state index in [1.165, 1.54) is 18.6 Å². The number of halogens is 1. The van der Waals surface area contributed by atoms with Gasteiger partial charge in [-0.15, -0.1) is 0 Å². The molecule has 4 heteroatoms. The zero-order valence-electron chi connectivity index (χ0n) is 11.3. The Morgan fingerprint density at radius 1 is 1.26 bits per heavy atom. The van der Waals surface area contributed by atoms with Gasteiger partial charge in [-0.3, -0.25) is 4.90 Å². The van der Waals surface area contributed by atoms with Crippen LogP contribution < -0.4 is 10.1 Å². The molecule has 2 heterocycles. The lowest BCUT2D eigenvalue weighted by atomic mass is 9.93. The third kappa shape index (κ3) is 2.90. The number of benzene rings is 1. The van der Waals surface area contributed by atoms with Gasteiger partial charge in [-0.05, 0) is 44.0 Å². The highest BCUT2D eigenvalue weighted by Crippen LogP contribution is 2.25. The van der Waals surface area contributed by atoms with E-state index in [9.17, 15) is 4.39 Å². The summed E-state index contributed by atoms with van der Waals surface area (Å²) in [6.45, 7) is 5.39. The number of hydrogen-bond donors (Lipinski definition) is 1. The van der Waals surface area contributed by atoms with Crippen molar-refractivity contribution in [3.8, 4) is 5.75 Å². The van der Waals surface area contributed by atoms with Gasteiger partial charge in [-0.25, -0.2) is 4.39 Å². The lowest BCUT2D eigenvalue weighted by Gasteiger charge is -2.45. The second kappa shape index (κ2) is 5.47. The third-order valence-corrected chi connectivity index (χ3v) is 4.25. The first-order valence-electron chi connectivity index (χ1n) is 7.12. The SMILES string of the molecule is CC1NCCN2CC(Oc3ccc(F)cc3)CCC12. The zero-order valence-corrected chi connectivity index (χ0v) is 11.3. The minimum Gasteiger partial charge on any atom is -0.489 e. The van der Waals surface area contributed by atoms with Crippen molar-refractivity contribution in [2.45, 2.75) is 38.0 Å². The Kier molecular flexibility index (Phi) is 3.71. The maximum absolute atomic E-state index is 12.9. The highest BCUT2D eigenvalue weighted by atomic mass is 19.1. The number of hydrogen-bond acceptors (Lipinski definition) is 3. The van der Waals surface area contributed by atoms with Crippen molar-refractivity contribution in [2.75, 3.05) is 19.6 Å². The molecule has 2 aliphatic rings. The second-order valence-electron chi connectivity index (χ2n) is 5.58. The molecule has 3 atom stereocenters. The molecule has 0 saturated carbocycles. The van der Waals surface area contributed by atoms with Crippen LogP contribution in [-0.4, -0.2) is 42.7 Å². The summed E-state index contributed by atoms with van der Waals surface area (Å²) in [7, 11) is 0. The van der Waals surface area contributed by atoms with Crippen LogP contribution in [0.4, 0.5) is 4.39 Å². The van der Waals surface area contributed by atoms with E-state index in [1.54, 1.807) is 12.1 Å². The Balaban J connectivity index is 1.60. The topological polar surface area (TPSA) is 24.5 Å². The fraction of sp³-hybridized carbons (Fsp3) is 0.600. The summed E-state index contributed by atoms with van der Waals surface area (Å²) in [6.07, 6.45) is 2.47. The number of piperazine rings is 1. The number of piperidine rings is 1. The molecule has 1 aromatic carbocycles. The Morgan fingerprint density at radius 2 is 2.05 bits per heavy atom. The molecule has 1 N–H and O–H groups in total. The summed E-state index contributed by atoms with van der Waals surface area (Å²) in [5.74, 6) is 0.556. The van der Waals surface area contributed by atoms with E-state index in [0.717, 1.165) is 31.8 Å². The Bertz CT molecular complexity index is 423. The first-order chi connectivity index (χ1) is 9.22. The summed E-state index contributed by atoms with van der Waals surface area (Å²) >= 11 is 0. The first kappa shape index (κ1) is 12.9. The van der Waals surface area contributed by atoms with Crippen molar-refractivity contribution >= 4 is 0 Å². The molecular formula is C15H21FN2O. The predicted molar refractivity (Wildman–Crippen MR) is 72.9 cm³/mol. The smallest absolute Gasteiger partial charge is 0.123 e. The van der Waals surface area contributed by atoms with E-state index in [4.69, 9.17) is 4.74 Å². The predicted octanol–water partition coefficient (Wildman–Crippen LogP) is 2.03. The molecule has 0 bridgehead atoms. The average molecular weight is 264 g/mol. The molecule has 0 aliphatic carbocycles. The van der Waals surface area contributed by atoms with Gasteiger partial charge in [0.2, 0.25) is 0 Å². The van der Waals surface area contributed by atoms with E-state index in [2.05, 4.69) is 17.1 Å². The van der Waals surface area contributed by atoms with Crippen molar-refractivity contribution < 1.29 is 9.13 Å². The van der Waals surface area contributed by atoms with Crippen LogP contribution in [0, 0.1) is 5.82 Å². The van der Waals surface area contributed by atoms with Gasteiger partial charge in [-0.2, -0.15) is 0 Å².